The minimum atomic E-state index is -0.381. The Morgan fingerprint density at radius 1 is 1.23 bits per heavy atom. The molecular formula is C23H29FIN5O. The maximum atomic E-state index is 14.0. The van der Waals surface area contributed by atoms with Crippen molar-refractivity contribution in [2.45, 2.75) is 33.0 Å². The van der Waals surface area contributed by atoms with E-state index in [1.165, 1.54) is 18.7 Å². The molecule has 31 heavy (non-hydrogen) atoms. The normalized spacial score (nSPS) is 12.1. The van der Waals surface area contributed by atoms with Crippen LogP contribution >= 0.6 is 24.0 Å². The van der Waals surface area contributed by atoms with E-state index in [0.29, 0.717) is 19.0 Å². The molecule has 1 aromatic heterocycles. The highest BCUT2D eigenvalue weighted by atomic mass is 127. The quantitative estimate of drug-likeness (QED) is 0.252. The number of aliphatic imine (C=N–C) groups is 1. The van der Waals surface area contributed by atoms with Crippen molar-refractivity contribution in [3.63, 3.8) is 0 Å². The third-order valence-corrected chi connectivity index (χ3v) is 4.75. The van der Waals surface area contributed by atoms with Crippen LogP contribution in [0.25, 0.3) is 0 Å². The first-order chi connectivity index (χ1) is 14.6. The van der Waals surface area contributed by atoms with E-state index < -0.39 is 0 Å². The second kappa shape index (κ2) is 12.3. The average Bonchev–Trinajstić information content (AvgIpc) is 3.19. The summed E-state index contributed by atoms with van der Waals surface area (Å²) in [4.78, 5) is 9.12. The molecule has 1 heterocycles. The van der Waals surface area contributed by atoms with Gasteiger partial charge in [0.25, 0.3) is 0 Å². The van der Waals surface area contributed by atoms with Gasteiger partial charge in [0, 0.05) is 25.5 Å². The van der Waals surface area contributed by atoms with E-state index in [1.54, 1.807) is 12.3 Å². The van der Waals surface area contributed by atoms with Crippen molar-refractivity contribution in [2.24, 2.45) is 4.99 Å². The van der Waals surface area contributed by atoms with E-state index in [2.05, 4.69) is 37.3 Å². The molecule has 0 aliphatic carbocycles. The van der Waals surface area contributed by atoms with Gasteiger partial charge >= 0.3 is 0 Å². The lowest BCUT2D eigenvalue weighted by atomic mass is 10.1. The van der Waals surface area contributed by atoms with Crippen LogP contribution in [-0.2, 0) is 13.1 Å². The van der Waals surface area contributed by atoms with Crippen molar-refractivity contribution in [1.29, 1.82) is 0 Å². The summed E-state index contributed by atoms with van der Waals surface area (Å²) in [5.74, 6) is 1.37. The number of nitrogens with one attached hydrogen (secondary N) is 2. The van der Waals surface area contributed by atoms with Crippen molar-refractivity contribution < 1.29 is 9.13 Å². The van der Waals surface area contributed by atoms with Crippen LogP contribution in [0.5, 0.6) is 5.75 Å². The predicted octanol–water partition coefficient (Wildman–Crippen LogP) is 4.51. The summed E-state index contributed by atoms with van der Waals surface area (Å²) >= 11 is 0. The van der Waals surface area contributed by atoms with Crippen molar-refractivity contribution in [3.8, 4) is 5.75 Å². The van der Waals surface area contributed by atoms with Crippen LogP contribution in [0.2, 0.25) is 0 Å². The topological polar surface area (TPSA) is 63.5 Å². The summed E-state index contributed by atoms with van der Waals surface area (Å²) in [5.41, 5.74) is 2.02. The zero-order valence-electron chi connectivity index (χ0n) is 18.0. The summed E-state index contributed by atoms with van der Waals surface area (Å²) in [6.07, 6.45) is 3.75. The molecule has 0 saturated carbocycles. The molecule has 3 rings (SSSR count). The fourth-order valence-electron chi connectivity index (χ4n) is 3.13. The van der Waals surface area contributed by atoms with Crippen LogP contribution in [0.3, 0.4) is 0 Å². The Kier molecular flexibility index (Phi) is 9.77. The highest BCUT2D eigenvalue weighted by Crippen LogP contribution is 2.21. The number of hydrogen-bond acceptors (Lipinski definition) is 3. The molecule has 1 unspecified atom stereocenters. The van der Waals surface area contributed by atoms with Gasteiger partial charge in [-0.1, -0.05) is 36.4 Å². The highest BCUT2D eigenvalue weighted by Gasteiger charge is 2.12. The van der Waals surface area contributed by atoms with Crippen LogP contribution in [0.15, 0.2) is 65.9 Å². The van der Waals surface area contributed by atoms with Crippen LogP contribution in [0, 0.1) is 5.82 Å². The van der Waals surface area contributed by atoms with Gasteiger partial charge in [-0.05, 0) is 37.1 Å². The van der Waals surface area contributed by atoms with Crippen molar-refractivity contribution in [3.05, 3.63) is 83.7 Å². The van der Waals surface area contributed by atoms with Crippen molar-refractivity contribution in [1.82, 2.24) is 20.2 Å². The number of benzene rings is 2. The summed E-state index contributed by atoms with van der Waals surface area (Å²) in [6.45, 7) is 5.86. The molecule has 166 valence electrons. The van der Waals surface area contributed by atoms with Crippen LogP contribution in [0.1, 0.15) is 36.8 Å². The smallest absolute Gasteiger partial charge is 0.192 e. The fraction of sp³-hybridized carbons (Fsp3) is 0.304. The predicted molar refractivity (Wildman–Crippen MR) is 133 cm³/mol. The van der Waals surface area contributed by atoms with E-state index in [4.69, 9.17) is 4.74 Å². The Morgan fingerprint density at radius 2 is 2.00 bits per heavy atom. The Morgan fingerprint density at radius 3 is 2.68 bits per heavy atom. The standard InChI is InChI=1S/C23H28FN5O.HI/c1-4-25-23(28-17(2)19-10-11-21(30-3)20(24)14-19)27-15-22-26-12-13-29(22)16-18-8-6-5-7-9-18;/h5-14,17H,4,15-16H2,1-3H3,(H2,25,27,28);1H. The largest absolute Gasteiger partial charge is 0.494 e. The summed E-state index contributed by atoms with van der Waals surface area (Å²) in [5, 5.41) is 6.56. The zero-order valence-corrected chi connectivity index (χ0v) is 20.3. The van der Waals surface area contributed by atoms with Crippen LogP contribution in [0.4, 0.5) is 4.39 Å². The molecule has 0 saturated heterocycles. The zero-order chi connectivity index (χ0) is 21.3. The molecular weight excluding hydrogens is 508 g/mol. The molecule has 0 amide bonds. The molecule has 8 heteroatoms. The monoisotopic (exact) mass is 537 g/mol. The first-order valence-corrected chi connectivity index (χ1v) is 10.0. The number of ether oxygens (including phenoxy) is 1. The van der Waals surface area contributed by atoms with Gasteiger partial charge in [0.1, 0.15) is 12.4 Å². The average molecular weight is 537 g/mol. The molecule has 2 N–H and O–H groups in total. The second-order valence-corrected chi connectivity index (χ2v) is 6.91. The Bertz CT molecular complexity index is 977. The van der Waals surface area contributed by atoms with E-state index in [9.17, 15) is 4.39 Å². The molecule has 0 radical (unpaired) electrons. The molecule has 0 aliphatic heterocycles. The lowest BCUT2D eigenvalue weighted by Gasteiger charge is -2.19. The van der Waals surface area contributed by atoms with Gasteiger partial charge in [-0.15, -0.1) is 24.0 Å². The summed E-state index contributed by atoms with van der Waals surface area (Å²) in [7, 11) is 1.46. The van der Waals surface area contributed by atoms with Gasteiger partial charge in [0.05, 0.1) is 13.2 Å². The molecule has 6 nitrogen and oxygen atoms in total. The maximum absolute atomic E-state index is 14.0. The highest BCUT2D eigenvalue weighted by molar-refractivity contribution is 14.0. The van der Waals surface area contributed by atoms with E-state index in [0.717, 1.165) is 17.9 Å². The number of imidazole rings is 1. The second-order valence-electron chi connectivity index (χ2n) is 6.91. The van der Waals surface area contributed by atoms with E-state index in [-0.39, 0.29) is 41.6 Å². The van der Waals surface area contributed by atoms with Gasteiger partial charge in [-0.25, -0.2) is 14.4 Å². The Hall–Kier alpha value is -2.62. The minimum Gasteiger partial charge on any atom is -0.494 e. The molecule has 3 aromatic rings. The van der Waals surface area contributed by atoms with Gasteiger partial charge in [-0.3, -0.25) is 0 Å². The number of methoxy groups -OCH3 is 1. The number of nitrogens with zero attached hydrogens (tertiary/aromatic N) is 3. The van der Waals surface area contributed by atoms with Gasteiger partial charge in [-0.2, -0.15) is 0 Å². The maximum Gasteiger partial charge on any atom is 0.192 e. The summed E-state index contributed by atoms with van der Waals surface area (Å²) < 4.78 is 21.1. The number of aromatic nitrogens is 2. The lowest BCUT2D eigenvalue weighted by Crippen LogP contribution is -2.38. The molecule has 0 aliphatic rings. The number of rotatable bonds is 8. The number of guanidine groups is 1. The Labute approximate surface area is 200 Å². The fourth-order valence-corrected chi connectivity index (χ4v) is 3.13. The molecule has 1 atom stereocenters. The first kappa shape index (κ1) is 24.6. The first-order valence-electron chi connectivity index (χ1n) is 10.0. The van der Waals surface area contributed by atoms with Gasteiger partial charge < -0.3 is 19.9 Å². The molecule has 2 aromatic carbocycles. The van der Waals surface area contributed by atoms with E-state index >= 15 is 0 Å². The molecule has 0 spiro atoms. The summed E-state index contributed by atoms with van der Waals surface area (Å²) in [6, 6.07) is 15.1. The lowest BCUT2D eigenvalue weighted by molar-refractivity contribution is 0.386. The van der Waals surface area contributed by atoms with Crippen LogP contribution in [-0.4, -0.2) is 29.2 Å². The van der Waals surface area contributed by atoms with Gasteiger partial charge in [0.2, 0.25) is 0 Å². The Balaban J connectivity index is 0.00000341. The third kappa shape index (κ3) is 6.95. The number of hydrogen-bond donors (Lipinski definition) is 2. The molecule has 0 bridgehead atoms. The van der Waals surface area contributed by atoms with Gasteiger partial charge in [0.15, 0.2) is 17.5 Å². The van der Waals surface area contributed by atoms with Crippen molar-refractivity contribution >= 4 is 29.9 Å². The van der Waals surface area contributed by atoms with Crippen molar-refractivity contribution in [2.75, 3.05) is 13.7 Å². The minimum absolute atomic E-state index is 0. The molecule has 0 fully saturated rings. The third-order valence-electron chi connectivity index (χ3n) is 4.75. The SMILES string of the molecule is CCNC(=NCc1nccn1Cc1ccccc1)NC(C)c1ccc(OC)c(F)c1.I. The van der Waals surface area contributed by atoms with E-state index in [1.807, 2.05) is 44.3 Å². The number of halogens is 2. The van der Waals surface area contributed by atoms with Crippen LogP contribution < -0.4 is 15.4 Å².